The molecule has 0 radical (unpaired) electrons. The van der Waals surface area contributed by atoms with Crippen LogP contribution in [0, 0.1) is 20.8 Å². The van der Waals surface area contributed by atoms with E-state index >= 15 is 0 Å². The SMILES string of the molecule is Cc1ccc(-c2cccc(-c3nc(-c4cccc(-c5ccc(C)nc5)c4)nc(-c4cccc(-c5ccc(C)nc5)c4)n3)c2)cn1. The summed E-state index contributed by atoms with van der Waals surface area (Å²) in [4.78, 5) is 28.5. The molecule has 6 nitrogen and oxygen atoms in total. The Labute approximate surface area is 262 Å². The van der Waals surface area contributed by atoms with Crippen LogP contribution < -0.4 is 0 Å². The molecule has 7 aromatic rings. The molecule has 0 atom stereocenters. The summed E-state index contributed by atoms with van der Waals surface area (Å²) in [6, 6.07) is 37.1. The largest absolute Gasteiger partial charge is 0.261 e. The van der Waals surface area contributed by atoms with Crippen molar-refractivity contribution in [3.05, 3.63) is 145 Å². The lowest BCUT2D eigenvalue weighted by Crippen LogP contribution is -2.00. The van der Waals surface area contributed by atoms with Gasteiger partial charge in [-0.15, -0.1) is 0 Å². The molecule has 3 aromatic carbocycles. The Hall–Kier alpha value is -5.88. The number of rotatable bonds is 6. The molecule has 0 spiro atoms. The third-order valence-corrected chi connectivity index (χ3v) is 7.73. The quantitative estimate of drug-likeness (QED) is 0.195. The molecule has 0 unspecified atom stereocenters. The minimum Gasteiger partial charge on any atom is -0.261 e. The van der Waals surface area contributed by atoms with Crippen molar-refractivity contribution in [1.29, 1.82) is 0 Å². The minimum absolute atomic E-state index is 0.599. The second-order valence-electron chi connectivity index (χ2n) is 11.1. The molecule has 45 heavy (non-hydrogen) atoms. The normalized spacial score (nSPS) is 11.0. The summed E-state index contributed by atoms with van der Waals surface area (Å²) in [6.07, 6.45) is 5.70. The summed E-state index contributed by atoms with van der Waals surface area (Å²) in [5.41, 5.74) is 11.9. The van der Waals surface area contributed by atoms with E-state index in [1.807, 2.05) is 94.0 Å². The van der Waals surface area contributed by atoms with Gasteiger partial charge >= 0.3 is 0 Å². The zero-order valence-electron chi connectivity index (χ0n) is 25.3. The molecular formula is C39H30N6. The average molecular weight is 583 g/mol. The van der Waals surface area contributed by atoms with E-state index in [0.717, 1.165) is 67.2 Å². The van der Waals surface area contributed by atoms with Gasteiger partial charge in [-0.1, -0.05) is 72.8 Å². The number of hydrogen-bond acceptors (Lipinski definition) is 6. The summed E-state index contributed by atoms with van der Waals surface area (Å²) in [7, 11) is 0. The summed E-state index contributed by atoms with van der Waals surface area (Å²) < 4.78 is 0. The van der Waals surface area contributed by atoms with Crippen molar-refractivity contribution in [1.82, 2.24) is 29.9 Å². The molecule has 4 heterocycles. The van der Waals surface area contributed by atoms with Crippen LogP contribution in [0.5, 0.6) is 0 Å². The Morgan fingerprint density at radius 1 is 0.311 bits per heavy atom. The highest BCUT2D eigenvalue weighted by molar-refractivity contribution is 5.76. The highest BCUT2D eigenvalue weighted by atomic mass is 15.0. The van der Waals surface area contributed by atoms with Gasteiger partial charge in [0.1, 0.15) is 0 Å². The van der Waals surface area contributed by atoms with Gasteiger partial charge in [-0.25, -0.2) is 15.0 Å². The van der Waals surface area contributed by atoms with Crippen LogP contribution in [0.15, 0.2) is 128 Å². The topological polar surface area (TPSA) is 77.3 Å². The van der Waals surface area contributed by atoms with E-state index in [0.29, 0.717) is 17.5 Å². The van der Waals surface area contributed by atoms with Crippen molar-refractivity contribution < 1.29 is 0 Å². The molecule has 0 fully saturated rings. The zero-order chi connectivity index (χ0) is 30.8. The molecule has 0 aliphatic heterocycles. The molecule has 0 aliphatic rings. The lowest BCUT2D eigenvalue weighted by atomic mass is 10.0. The van der Waals surface area contributed by atoms with Gasteiger partial charge < -0.3 is 0 Å². The van der Waals surface area contributed by atoms with E-state index in [-0.39, 0.29) is 0 Å². The fourth-order valence-corrected chi connectivity index (χ4v) is 5.19. The van der Waals surface area contributed by atoms with E-state index in [1.54, 1.807) is 0 Å². The first-order chi connectivity index (χ1) is 22.0. The van der Waals surface area contributed by atoms with Gasteiger partial charge in [0.05, 0.1) is 0 Å². The molecule has 0 saturated heterocycles. The summed E-state index contributed by atoms with van der Waals surface area (Å²) in [5, 5.41) is 0. The molecule has 4 aromatic heterocycles. The second kappa shape index (κ2) is 12.0. The third-order valence-electron chi connectivity index (χ3n) is 7.73. The van der Waals surface area contributed by atoms with Crippen LogP contribution in [0.1, 0.15) is 17.1 Å². The standard InChI is InChI=1S/C39H30N6/c1-25-13-16-34(22-40-25)28-7-4-10-31(19-28)37-43-38(32-11-5-8-29(20-32)35-17-14-26(2)41-23-35)45-39(44-37)33-12-6-9-30(21-33)36-18-15-27(3)42-24-36/h4-24H,1-3H3. The predicted octanol–water partition coefficient (Wildman–Crippen LogP) is 8.98. The molecule has 216 valence electrons. The van der Waals surface area contributed by atoms with E-state index < -0.39 is 0 Å². The second-order valence-corrected chi connectivity index (χ2v) is 11.1. The van der Waals surface area contributed by atoms with Crippen molar-refractivity contribution in [2.45, 2.75) is 20.8 Å². The van der Waals surface area contributed by atoms with Gasteiger partial charge in [0, 0.05) is 69.1 Å². The molecular weight excluding hydrogens is 552 g/mol. The first-order valence-corrected chi connectivity index (χ1v) is 14.8. The highest BCUT2D eigenvalue weighted by Gasteiger charge is 2.15. The molecule has 7 rings (SSSR count). The van der Waals surface area contributed by atoms with E-state index in [2.05, 4.69) is 69.5 Å². The lowest BCUT2D eigenvalue weighted by molar-refractivity contribution is 1.07. The average Bonchev–Trinajstić information content (AvgIpc) is 3.09. The Morgan fingerprint density at radius 3 is 0.867 bits per heavy atom. The van der Waals surface area contributed by atoms with Gasteiger partial charge in [-0.2, -0.15) is 0 Å². The monoisotopic (exact) mass is 582 g/mol. The Bertz CT molecular complexity index is 1860. The summed E-state index contributed by atoms with van der Waals surface area (Å²) in [5.74, 6) is 1.80. The van der Waals surface area contributed by atoms with Gasteiger partial charge in [-0.05, 0) is 73.9 Å². The number of benzene rings is 3. The molecule has 0 bridgehead atoms. The zero-order valence-corrected chi connectivity index (χ0v) is 25.3. The van der Waals surface area contributed by atoms with E-state index in [9.17, 15) is 0 Å². The van der Waals surface area contributed by atoms with Gasteiger partial charge in [0.2, 0.25) is 0 Å². The van der Waals surface area contributed by atoms with Crippen molar-refractivity contribution in [2.24, 2.45) is 0 Å². The van der Waals surface area contributed by atoms with Crippen molar-refractivity contribution in [3.63, 3.8) is 0 Å². The molecule has 0 saturated carbocycles. The van der Waals surface area contributed by atoms with Crippen LogP contribution in [-0.2, 0) is 0 Å². The number of pyridine rings is 3. The molecule has 0 aliphatic carbocycles. The maximum atomic E-state index is 5.02. The number of aryl methyl sites for hydroxylation is 3. The van der Waals surface area contributed by atoms with Crippen LogP contribution in [0.25, 0.3) is 67.5 Å². The van der Waals surface area contributed by atoms with E-state index in [4.69, 9.17) is 15.0 Å². The minimum atomic E-state index is 0.599. The van der Waals surface area contributed by atoms with Crippen molar-refractivity contribution in [3.8, 4) is 67.5 Å². The van der Waals surface area contributed by atoms with Crippen molar-refractivity contribution >= 4 is 0 Å². The molecule has 0 N–H and O–H groups in total. The van der Waals surface area contributed by atoms with Crippen LogP contribution in [0.2, 0.25) is 0 Å². The van der Waals surface area contributed by atoms with Gasteiger partial charge in [-0.3, -0.25) is 15.0 Å². The highest BCUT2D eigenvalue weighted by Crippen LogP contribution is 2.31. The fraction of sp³-hybridized carbons (Fsp3) is 0.0769. The van der Waals surface area contributed by atoms with Crippen LogP contribution in [0.3, 0.4) is 0 Å². The Balaban J connectivity index is 1.37. The smallest absolute Gasteiger partial charge is 0.164 e. The number of nitrogens with zero attached hydrogens (tertiary/aromatic N) is 6. The first-order valence-electron chi connectivity index (χ1n) is 14.8. The van der Waals surface area contributed by atoms with E-state index in [1.165, 1.54) is 0 Å². The van der Waals surface area contributed by atoms with Crippen LogP contribution in [0.4, 0.5) is 0 Å². The Morgan fingerprint density at radius 2 is 0.600 bits per heavy atom. The van der Waals surface area contributed by atoms with Crippen LogP contribution >= 0.6 is 0 Å². The predicted molar refractivity (Wildman–Crippen MR) is 180 cm³/mol. The number of hydrogen-bond donors (Lipinski definition) is 0. The van der Waals surface area contributed by atoms with Crippen molar-refractivity contribution in [2.75, 3.05) is 0 Å². The maximum absolute atomic E-state index is 5.02. The summed E-state index contributed by atoms with van der Waals surface area (Å²) >= 11 is 0. The Kier molecular flexibility index (Phi) is 7.46. The summed E-state index contributed by atoms with van der Waals surface area (Å²) in [6.45, 7) is 5.97. The maximum Gasteiger partial charge on any atom is 0.164 e. The first kappa shape index (κ1) is 27.9. The molecule has 6 heteroatoms. The fourth-order valence-electron chi connectivity index (χ4n) is 5.19. The molecule has 0 amide bonds. The third kappa shape index (κ3) is 6.12. The van der Waals surface area contributed by atoms with Crippen LogP contribution in [-0.4, -0.2) is 29.9 Å². The number of aromatic nitrogens is 6. The van der Waals surface area contributed by atoms with Gasteiger partial charge in [0.15, 0.2) is 17.5 Å². The van der Waals surface area contributed by atoms with Gasteiger partial charge in [0.25, 0.3) is 0 Å². The lowest BCUT2D eigenvalue weighted by Gasteiger charge is -2.11.